The molecule has 0 bridgehead atoms. The summed E-state index contributed by atoms with van der Waals surface area (Å²) in [6.45, 7) is 0. The first-order valence-corrected chi connectivity index (χ1v) is 9.70. The number of thioether (sulfide) groups is 1. The smallest absolute Gasteiger partial charge is 0.248 e. The lowest BCUT2D eigenvalue weighted by atomic mass is 10.1. The van der Waals surface area contributed by atoms with Crippen molar-refractivity contribution in [3.05, 3.63) is 78.4 Å². The molecule has 0 aliphatic heterocycles. The SMILES string of the molecule is NC(=S)N(NC(=O)CSCc1cccc2ccccc12)c1ccccc1. The minimum Gasteiger partial charge on any atom is -0.374 e. The van der Waals surface area contributed by atoms with Crippen molar-refractivity contribution in [3.63, 3.8) is 0 Å². The number of nitrogens with one attached hydrogen (secondary N) is 1. The van der Waals surface area contributed by atoms with Crippen molar-refractivity contribution in [1.29, 1.82) is 0 Å². The van der Waals surface area contributed by atoms with Gasteiger partial charge < -0.3 is 5.73 Å². The molecule has 3 aromatic carbocycles. The topological polar surface area (TPSA) is 58.4 Å². The van der Waals surface area contributed by atoms with Gasteiger partial charge in [0, 0.05) is 5.75 Å². The summed E-state index contributed by atoms with van der Waals surface area (Å²) in [5.74, 6) is 0.925. The third-order valence-corrected chi connectivity index (χ3v) is 5.01. The maximum absolute atomic E-state index is 12.3. The maximum Gasteiger partial charge on any atom is 0.248 e. The predicted octanol–water partition coefficient (Wildman–Crippen LogP) is 3.85. The number of hydrogen-bond acceptors (Lipinski definition) is 3. The average Bonchev–Trinajstić information content (AvgIpc) is 2.67. The summed E-state index contributed by atoms with van der Waals surface area (Å²) in [5, 5.41) is 3.95. The van der Waals surface area contributed by atoms with E-state index in [0.717, 1.165) is 11.4 Å². The molecule has 132 valence electrons. The summed E-state index contributed by atoms with van der Waals surface area (Å²) in [6.07, 6.45) is 0. The van der Waals surface area contributed by atoms with Crippen LogP contribution < -0.4 is 16.2 Å². The summed E-state index contributed by atoms with van der Waals surface area (Å²) >= 11 is 6.60. The highest BCUT2D eigenvalue weighted by Gasteiger charge is 2.13. The van der Waals surface area contributed by atoms with Crippen molar-refractivity contribution in [1.82, 2.24) is 5.43 Å². The fourth-order valence-corrected chi connectivity index (χ4v) is 3.63. The molecule has 0 aliphatic rings. The minimum absolute atomic E-state index is 0.101. The van der Waals surface area contributed by atoms with Crippen LogP contribution in [-0.4, -0.2) is 16.8 Å². The normalized spacial score (nSPS) is 10.5. The van der Waals surface area contributed by atoms with Gasteiger partial charge in [-0.15, -0.1) is 11.8 Å². The largest absolute Gasteiger partial charge is 0.374 e. The second-order valence-electron chi connectivity index (χ2n) is 5.68. The summed E-state index contributed by atoms with van der Waals surface area (Å²) < 4.78 is 0. The second kappa shape index (κ2) is 8.69. The Hall–Kier alpha value is -2.57. The van der Waals surface area contributed by atoms with E-state index in [1.165, 1.54) is 21.3 Å². The molecule has 0 heterocycles. The van der Waals surface area contributed by atoms with Crippen LogP contribution in [0.25, 0.3) is 10.8 Å². The van der Waals surface area contributed by atoms with Gasteiger partial charge in [0.05, 0.1) is 11.4 Å². The number of nitrogens with zero attached hydrogens (tertiary/aromatic N) is 1. The Bertz CT molecular complexity index is 910. The van der Waals surface area contributed by atoms with Gasteiger partial charge in [-0.2, -0.15) is 0 Å². The first-order valence-electron chi connectivity index (χ1n) is 8.13. The highest BCUT2D eigenvalue weighted by Crippen LogP contribution is 2.22. The fraction of sp³-hybridized carbons (Fsp3) is 0.100. The van der Waals surface area contributed by atoms with Gasteiger partial charge in [0.1, 0.15) is 0 Å². The Labute approximate surface area is 162 Å². The highest BCUT2D eigenvalue weighted by atomic mass is 32.2. The van der Waals surface area contributed by atoms with Crippen LogP contribution in [0.1, 0.15) is 5.56 Å². The zero-order valence-corrected chi connectivity index (χ0v) is 15.7. The van der Waals surface area contributed by atoms with Crippen LogP contribution in [0.15, 0.2) is 72.8 Å². The molecule has 0 saturated carbocycles. The van der Waals surface area contributed by atoms with Gasteiger partial charge in [0.15, 0.2) is 5.11 Å². The predicted molar refractivity (Wildman–Crippen MR) is 114 cm³/mol. The van der Waals surface area contributed by atoms with E-state index < -0.39 is 0 Å². The number of hydrazine groups is 1. The molecule has 4 nitrogen and oxygen atoms in total. The van der Waals surface area contributed by atoms with Gasteiger partial charge in [0.25, 0.3) is 0 Å². The Morgan fingerprint density at radius 2 is 1.69 bits per heavy atom. The van der Waals surface area contributed by atoms with Crippen LogP contribution >= 0.6 is 24.0 Å². The van der Waals surface area contributed by atoms with Gasteiger partial charge in [-0.25, -0.2) is 5.01 Å². The van der Waals surface area contributed by atoms with E-state index >= 15 is 0 Å². The first kappa shape index (κ1) is 18.2. The molecule has 0 radical (unpaired) electrons. The van der Waals surface area contributed by atoms with E-state index in [1.807, 2.05) is 48.5 Å². The van der Waals surface area contributed by atoms with Crippen molar-refractivity contribution in [2.75, 3.05) is 10.8 Å². The second-order valence-corrected chi connectivity index (χ2v) is 7.08. The van der Waals surface area contributed by atoms with Crippen LogP contribution in [0.5, 0.6) is 0 Å². The van der Waals surface area contributed by atoms with Gasteiger partial charge in [0.2, 0.25) is 5.91 Å². The van der Waals surface area contributed by atoms with E-state index in [1.54, 1.807) is 11.8 Å². The molecule has 3 aromatic rings. The molecule has 0 saturated heterocycles. The molecule has 6 heteroatoms. The molecular weight excluding hydrogens is 362 g/mol. The van der Waals surface area contributed by atoms with Crippen LogP contribution in [0.4, 0.5) is 5.69 Å². The summed E-state index contributed by atoms with van der Waals surface area (Å²) in [5.41, 5.74) is 10.4. The monoisotopic (exact) mass is 381 g/mol. The van der Waals surface area contributed by atoms with Crippen molar-refractivity contribution in [2.45, 2.75) is 5.75 Å². The number of nitrogens with two attached hydrogens (primary N) is 1. The lowest BCUT2D eigenvalue weighted by Crippen LogP contribution is -2.49. The standard InChI is InChI=1S/C20H19N3OS2/c21-20(25)23(17-10-2-1-3-11-17)22-19(24)14-26-13-16-9-6-8-15-7-4-5-12-18(15)16/h1-12H,13-14H2,(H2,21,25)(H,22,24). The lowest BCUT2D eigenvalue weighted by molar-refractivity contribution is -0.118. The van der Waals surface area contributed by atoms with E-state index in [0.29, 0.717) is 5.75 Å². The molecule has 3 rings (SSSR count). The van der Waals surface area contributed by atoms with E-state index in [-0.39, 0.29) is 11.0 Å². The first-order chi connectivity index (χ1) is 12.6. The zero-order chi connectivity index (χ0) is 18.4. The molecule has 0 spiro atoms. The molecule has 0 aromatic heterocycles. The number of para-hydroxylation sites is 1. The summed E-state index contributed by atoms with van der Waals surface area (Å²) in [4.78, 5) is 12.3. The molecule has 0 fully saturated rings. The van der Waals surface area contributed by atoms with Crippen molar-refractivity contribution >= 4 is 51.5 Å². The van der Waals surface area contributed by atoms with Gasteiger partial charge in [-0.3, -0.25) is 10.2 Å². The van der Waals surface area contributed by atoms with Crippen molar-refractivity contribution < 1.29 is 4.79 Å². The van der Waals surface area contributed by atoms with Gasteiger partial charge in [-0.1, -0.05) is 60.7 Å². The van der Waals surface area contributed by atoms with Crippen molar-refractivity contribution in [3.8, 4) is 0 Å². The highest BCUT2D eigenvalue weighted by molar-refractivity contribution is 7.99. The van der Waals surface area contributed by atoms with Gasteiger partial charge >= 0.3 is 0 Å². The van der Waals surface area contributed by atoms with Crippen LogP contribution in [-0.2, 0) is 10.5 Å². The summed E-state index contributed by atoms with van der Waals surface area (Å²) in [7, 11) is 0. The quantitative estimate of drug-likeness (QED) is 0.519. The molecular formula is C20H19N3OS2. The minimum atomic E-state index is -0.146. The number of amides is 1. The third-order valence-electron chi connectivity index (χ3n) is 3.84. The fourth-order valence-electron chi connectivity index (χ4n) is 2.65. The molecule has 26 heavy (non-hydrogen) atoms. The zero-order valence-electron chi connectivity index (χ0n) is 14.1. The number of anilines is 1. The van der Waals surface area contributed by atoms with Crippen LogP contribution in [0.2, 0.25) is 0 Å². The summed E-state index contributed by atoms with van der Waals surface area (Å²) in [6, 6.07) is 23.8. The number of rotatable bonds is 5. The Morgan fingerprint density at radius 3 is 2.46 bits per heavy atom. The number of carbonyl (C=O) groups excluding carboxylic acids is 1. The van der Waals surface area contributed by atoms with E-state index in [4.69, 9.17) is 18.0 Å². The average molecular weight is 382 g/mol. The Balaban J connectivity index is 1.59. The Morgan fingerprint density at radius 1 is 1.00 bits per heavy atom. The number of thiocarbonyl (C=S) groups is 1. The number of fused-ring (bicyclic) bond motifs is 1. The van der Waals surface area contributed by atoms with Crippen LogP contribution in [0.3, 0.4) is 0 Å². The van der Waals surface area contributed by atoms with E-state index in [2.05, 4.69) is 29.7 Å². The maximum atomic E-state index is 12.3. The molecule has 0 aliphatic carbocycles. The molecule has 1 amide bonds. The van der Waals surface area contributed by atoms with E-state index in [9.17, 15) is 4.79 Å². The Kier molecular flexibility index (Phi) is 6.09. The molecule has 0 unspecified atom stereocenters. The number of hydrogen-bond donors (Lipinski definition) is 2. The number of carbonyl (C=O) groups is 1. The molecule has 3 N–H and O–H groups in total. The third kappa shape index (κ3) is 4.53. The number of benzene rings is 3. The van der Waals surface area contributed by atoms with Crippen LogP contribution in [0, 0.1) is 0 Å². The van der Waals surface area contributed by atoms with Crippen molar-refractivity contribution in [2.24, 2.45) is 5.73 Å². The lowest BCUT2D eigenvalue weighted by Gasteiger charge is -2.23. The van der Waals surface area contributed by atoms with Gasteiger partial charge in [-0.05, 0) is 40.7 Å². The molecule has 0 atom stereocenters.